The summed E-state index contributed by atoms with van der Waals surface area (Å²) in [6.45, 7) is 1.76. The molecular weight excluding hydrogens is 305 g/mol. The Morgan fingerprint density at radius 2 is 1.74 bits per heavy atom. The van der Waals surface area contributed by atoms with E-state index < -0.39 is 17.5 Å². The third-order valence-corrected chi connectivity index (χ3v) is 3.03. The van der Waals surface area contributed by atoms with Gasteiger partial charge >= 0.3 is 0 Å². The van der Waals surface area contributed by atoms with Gasteiger partial charge in [0.2, 0.25) is 0 Å². The van der Waals surface area contributed by atoms with Gasteiger partial charge in [-0.1, -0.05) is 0 Å². The molecule has 116 valence electrons. The van der Waals surface area contributed by atoms with Crippen LogP contribution in [0.1, 0.15) is 5.69 Å². The molecule has 0 saturated carbocycles. The van der Waals surface area contributed by atoms with Gasteiger partial charge in [0, 0.05) is 47.5 Å². The predicted molar refractivity (Wildman–Crippen MR) is 79.6 cm³/mol. The number of hydrogen-bond acceptors (Lipinski definition) is 4. The second-order valence-corrected chi connectivity index (χ2v) is 4.84. The van der Waals surface area contributed by atoms with Crippen molar-refractivity contribution in [2.24, 2.45) is 0 Å². The van der Waals surface area contributed by atoms with Crippen LogP contribution in [-0.4, -0.2) is 15.0 Å². The second kappa shape index (κ2) is 6.04. The smallest absolute Gasteiger partial charge is 0.194 e. The van der Waals surface area contributed by atoms with Gasteiger partial charge in [-0.25, -0.2) is 23.1 Å². The van der Waals surface area contributed by atoms with E-state index in [2.05, 4.69) is 20.3 Å². The van der Waals surface area contributed by atoms with E-state index in [-0.39, 0.29) is 5.69 Å². The van der Waals surface area contributed by atoms with E-state index in [1.165, 1.54) is 0 Å². The van der Waals surface area contributed by atoms with E-state index in [0.29, 0.717) is 22.9 Å². The van der Waals surface area contributed by atoms with E-state index in [9.17, 15) is 13.2 Å². The SMILES string of the molecule is Cc1cc(Nc2cc(F)c(F)c(F)c2)nc(-c2cccnc2)n1. The summed E-state index contributed by atoms with van der Waals surface area (Å²) in [6, 6.07) is 6.87. The van der Waals surface area contributed by atoms with Crippen LogP contribution >= 0.6 is 0 Å². The van der Waals surface area contributed by atoms with Gasteiger partial charge in [0.25, 0.3) is 0 Å². The monoisotopic (exact) mass is 316 g/mol. The highest BCUT2D eigenvalue weighted by atomic mass is 19.2. The summed E-state index contributed by atoms with van der Waals surface area (Å²) >= 11 is 0. The maximum atomic E-state index is 13.3. The fraction of sp³-hybridized carbons (Fsp3) is 0.0625. The summed E-state index contributed by atoms with van der Waals surface area (Å²) in [5, 5.41) is 2.75. The van der Waals surface area contributed by atoms with E-state index >= 15 is 0 Å². The molecule has 0 atom stereocenters. The lowest BCUT2D eigenvalue weighted by Gasteiger charge is -2.09. The van der Waals surface area contributed by atoms with E-state index in [0.717, 1.165) is 12.1 Å². The Morgan fingerprint density at radius 1 is 1.00 bits per heavy atom. The highest BCUT2D eigenvalue weighted by Crippen LogP contribution is 2.22. The number of benzene rings is 1. The summed E-state index contributed by atoms with van der Waals surface area (Å²) in [7, 11) is 0. The first kappa shape index (κ1) is 15.0. The third kappa shape index (κ3) is 3.28. The Labute approximate surface area is 130 Å². The predicted octanol–water partition coefficient (Wildman–Crippen LogP) is 4.01. The van der Waals surface area contributed by atoms with Crippen LogP contribution in [0.3, 0.4) is 0 Å². The topological polar surface area (TPSA) is 50.7 Å². The molecule has 0 unspecified atom stereocenters. The van der Waals surface area contributed by atoms with Crippen molar-refractivity contribution in [3.05, 3.63) is 65.9 Å². The van der Waals surface area contributed by atoms with Gasteiger partial charge in [-0.3, -0.25) is 4.98 Å². The Hall–Kier alpha value is -2.96. The zero-order chi connectivity index (χ0) is 16.4. The molecule has 1 aromatic carbocycles. The van der Waals surface area contributed by atoms with Crippen molar-refractivity contribution >= 4 is 11.5 Å². The van der Waals surface area contributed by atoms with Crippen molar-refractivity contribution < 1.29 is 13.2 Å². The van der Waals surface area contributed by atoms with Crippen molar-refractivity contribution in [3.63, 3.8) is 0 Å². The van der Waals surface area contributed by atoms with Crippen molar-refractivity contribution in [1.29, 1.82) is 0 Å². The number of rotatable bonds is 3. The number of anilines is 2. The number of aromatic nitrogens is 3. The molecule has 7 heteroatoms. The lowest BCUT2D eigenvalue weighted by molar-refractivity contribution is 0.448. The Bertz CT molecular complexity index is 830. The number of nitrogens with one attached hydrogen (secondary N) is 1. The molecule has 2 aromatic heterocycles. The molecule has 3 aromatic rings. The molecule has 3 rings (SSSR count). The first-order chi connectivity index (χ1) is 11.0. The molecule has 0 fully saturated rings. The minimum atomic E-state index is -1.51. The van der Waals surface area contributed by atoms with Crippen molar-refractivity contribution in [1.82, 2.24) is 15.0 Å². The lowest BCUT2D eigenvalue weighted by atomic mass is 10.2. The van der Waals surface area contributed by atoms with Gasteiger partial charge in [0.1, 0.15) is 5.82 Å². The summed E-state index contributed by atoms with van der Waals surface area (Å²) in [4.78, 5) is 12.6. The van der Waals surface area contributed by atoms with Crippen molar-refractivity contribution in [2.45, 2.75) is 6.92 Å². The highest BCUT2D eigenvalue weighted by molar-refractivity contribution is 5.61. The largest absolute Gasteiger partial charge is 0.340 e. The van der Waals surface area contributed by atoms with Gasteiger partial charge in [-0.15, -0.1) is 0 Å². The molecule has 0 radical (unpaired) electrons. The zero-order valence-corrected chi connectivity index (χ0v) is 12.0. The third-order valence-electron chi connectivity index (χ3n) is 3.03. The zero-order valence-electron chi connectivity index (χ0n) is 12.0. The summed E-state index contributed by atoms with van der Waals surface area (Å²) < 4.78 is 39.5. The maximum absolute atomic E-state index is 13.3. The number of hydrogen-bond donors (Lipinski definition) is 1. The van der Waals surface area contributed by atoms with Crippen LogP contribution in [0.15, 0.2) is 42.7 Å². The molecule has 0 bridgehead atoms. The van der Waals surface area contributed by atoms with Crippen LogP contribution in [0.25, 0.3) is 11.4 Å². The first-order valence-corrected chi connectivity index (χ1v) is 6.70. The quantitative estimate of drug-likeness (QED) is 0.742. The van der Waals surface area contributed by atoms with Crippen LogP contribution in [0.2, 0.25) is 0 Å². The molecule has 0 saturated heterocycles. The fourth-order valence-corrected chi connectivity index (χ4v) is 2.03. The fourth-order valence-electron chi connectivity index (χ4n) is 2.03. The minimum Gasteiger partial charge on any atom is -0.340 e. The maximum Gasteiger partial charge on any atom is 0.194 e. The summed E-state index contributed by atoms with van der Waals surface area (Å²) in [5.41, 5.74) is 1.41. The summed E-state index contributed by atoms with van der Waals surface area (Å²) in [5.74, 6) is -3.30. The second-order valence-electron chi connectivity index (χ2n) is 4.84. The average molecular weight is 316 g/mol. The van der Waals surface area contributed by atoms with Gasteiger partial charge in [0.15, 0.2) is 23.3 Å². The molecule has 1 N–H and O–H groups in total. The molecular formula is C16H11F3N4. The van der Waals surface area contributed by atoms with Crippen LogP contribution in [-0.2, 0) is 0 Å². The normalized spacial score (nSPS) is 10.6. The van der Waals surface area contributed by atoms with E-state index in [1.807, 2.05) is 0 Å². The minimum absolute atomic E-state index is 0.0524. The number of aryl methyl sites for hydroxylation is 1. The molecule has 2 heterocycles. The van der Waals surface area contributed by atoms with Crippen LogP contribution in [0.5, 0.6) is 0 Å². The molecule has 4 nitrogen and oxygen atoms in total. The molecule has 0 aliphatic carbocycles. The van der Waals surface area contributed by atoms with Crippen LogP contribution in [0.4, 0.5) is 24.7 Å². The van der Waals surface area contributed by atoms with Crippen LogP contribution in [0, 0.1) is 24.4 Å². The summed E-state index contributed by atoms with van der Waals surface area (Å²) in [6.07, 6.45) is 3.23. The number of nitrogens with zero attached hydrogens (tertiary/aromatic N) is 3. The molecule has 0 aliphatic heterocycles. The van der Waals surface area contributed by atoms with Crippen molar-refractivity contribution in [3.8, 4) is 11.4 Å². The Morgan fingerprint density at radius 3 is 2.39 bits per heavy atom. The van der Waals surface area contributed by atoms with Gasteiger partial charge < -0.3 is 5.32 Å². The number of pyridine rings is 1. The van der Waals surface area contributed by atoms with Crippen LogP contribution < -0.4 is 5.32 Å². The lowest BCUT2D eigenvalue weighted by Crippen LogP contribution is -2.01. The van der Waals surface area contributed by atoms with Gasteiger partial charge in [-0.05, 0) is 19.1 Å². The Balaban J connectivity index is 1.96. The first-order valence-electron chi connectivity index (χ1n) is 6.70. The van der Waals surface area contributed by atoms with Crippen molar-refractivity contribution in [2.75, 3.05) is 5.32 Å². The number of halogens is 3. The molecule has 0 aliphatic rings. The van der Waals surface area contributed by atoms with Gasteiger partial charge in [-0.2, -0.15) is 0 Å². The molecule has 0 amide bonds. The molecule has 0 spiro atoms. The average Bonchev–Trinajstić information content (AvgIpc) is 2.53. The van der Waals surface area contributed by atoms with E-state index in [4.69, 9.17) is 0 Å². The van der Waals surface area contributed by atoms with Gasteiger partial charge in [0.05, 0.1) is 0 Å². The molecule has 23 heavy (non-hydrogen) atoms. The van der Waals surface area contributed by atoms with E-state index in [1.54, 1.807) is 37.5 Å². The standard InChI is InChI=1S/C16H11F3N4/c1-9-5-14(22-11-6-12(17)15(19)13(18)7-11)23-16(21-9)10-3-2-4-20-8-10/h2-8H,1H3,(H,21,22,23). The Kier molecular flexibility index (Phi) is 3.92. The highest BCUT2D eigenvalue weighted by Gasteiger charge is 2.12.